The molecule has 0 fully saturated rings. The second-order valence-corrected chi connectivity index (χ2v) is 4.96. The quantitative estimate of drug-likeness (QED) is 0.492. The Labute approximate surface area is 107 Å². The zero-order valence-corrected chi connectivity index (χ0v) is 11.6. The number of ether oxygens (including phenoxy) is 1. The molecular weight excluding hydrogens is 325 g/mol. The number of thiophene rings is 1. The van der Waals surface area contributed by atoms with Crippen molar-refractivity contribution in [2.45, 2.75) is 12.8 Å². The Balaban J connectivity index is 2.40. The Kier molecular flexibility index (Phi) is 6.00. The van der Waals surface area contributed by atoms with Crippen LogP contribution < -0.4 is 10.1 Å². The molecular formula is C10H14INO2S. The van der Waals surface area contributed by atoms with E-state index in [-0.39, 0.29) is 5.91 Å². The molecule has 0 unspecified atom stereocenters. The summed E-state index contributed by atoms with van der Waals surface area (Å²) in [6, 6.07) is 1.81. The van der Waals surface area contributed by atoms with E-state index in [2.05, 4.69) is 27.9 Å². The van der Waals surface area contributed by atoms with E-state index >= 15 is 0 Å². The average Bonchev–Trinajstić information content (AvgIpc) is 2.72. The largest absolute Gasteiger partial charge is 0.495 e. The molecule has 0 aliphatic rings. The molecule has 1 aromatic rings. The lowest BCUT2D eigenvalue weighted by Crippen LogP contribution is -2.23. The van der Waals surface area contributed by atoms with Gasteiger partial charge in [0, 0.05) is 6.54 Å². The van der Waals surface area contributed by atoms with E-state index < -0.39 is 0 Å². The van der Waals surface area contributed by atoms with E-state index in [4.69, 9.17) is 4.74 Å². The third-order valence-electron chi connectivity index (χ3n) is 1.90. The standard InChI is InChI=1S/C10H14INO2S/c1-14-8-4-7-15-9(8)10(13)12-6-3-2-5-11/h4,7H,2-3,5-6H2,1H3,(H,12,13). The lowest BCUT2D eigenvalue weighted by molar-refractivity contribution is 0.0954. The Hall–Kier alpha value is -0.300. The van der Waals surface area contributed by atoms with Crippen molar-refractivity contribution in [2.24, 2.45) is 0 Å². The predicted octanol–water partition coefficient (Wildman–Crippen LogP) is 2.70. The number of carbonyl (C=O) groups is 1. The van der Waals surface area contributed by atoms with Crippen LogP contribution in [0.15, 0.2) is 11.4 Å². The molecule has 0 atom stereocenters. The smallest absolute Gasteiger partial charge is 0.265 e. The number of rotatable bonds is 6. The summed E-state index contributed by atoms with van der Waals surface area (Å²) in [4.78, 5) is 12.3. The molecule has 0 bridgehead atoms. The fourth-order valence-electron chi connectivity index (χ4n) is 1.13. The maximum absolute atomic E-state index is 11.7. The van der Waals surface area contributed by atoms with Crippen molar-refractivity contribution in [3.05, 3.63) is 16.3 Å². The predicted molar refractivity (Wildman–Crippen MR) is 71.3 cm³/mol. The Morgan fingerprint density at radius 1 is 1.60 bits per heavy atom. The molecule has 15 heavy (non-hydrogen) atoms. The molecule has 0 aliphatic carbocycles. The summed E-state index contributed by atoms with van der Waals surface area (Å²) in [6.07, 6.45) is 2.17. The van der Waals surface area contributed by atoms with Gasteiger partial charge in [0.2, 0.25) is 0 Å². The molecule has 0 aromatic carbocycles. The summed E-state index contributed by atoms with van der Waals surface area (Å²) in [6.45, 7) is 0.739. The van der Waals surface area contributed by atoms with Gasteiger partial charge in [0.15, 0.2) is 0 Å². The summed E-state index contributed by atoms with van der Waals surface area (Å²) in [7, 11) is 1.58. The first-order valence-corrected chi connectivity index (χ1v) is 7.15. The van der Waals surface area contributed by atoms with Gasteiger partial charge >= 0.3 is 0 Å². The van der Waals surface area contributed by atoms with Crippen LogP contribution in [0.5, 0.6) is 5.75 Å². The maximum Gasteiger partial charge on any atom is 0.265 e. The molecule has 1 aromatic heterocycles. The van der Waals surface area contributed by atoms with Gasteiger partial charge in [0.05, 0.1) is 7.11 Å². The monoisotopic (exact) mass is 339 g/mol. The lowest BCUT2D eigenvalue weighted by Gasteiger charge is -2.04. The fraction of sp³-hybridized carbons (Fsp3) is 0.500. The van der Waals surface area contributed by atoms with E-state index in [1.54, 1.807) is 7.11 Å². The zero-order valence-electron chi connectivity index (χ0n) is 8.59. The number of unbranched alkanes of at least 4 members (excludes halogenated alkanes) is 1. The zero-order chi connectivity index (χ0) is 11.1. The van der Waals surface area contributed by atoms with Gasteiger partial charge < -0.3 is 10.1 Å². The first-order valence-electron chi connectivity index (χ1n) is 4.75. The highest BCUT2D eigenvalue weighted by Gasteiger charge is 2.12. The van der Waals surface area contributed by atoms with Crippen LogP contribution in [0.2, 0.25) is 0 Å². The number of carbonyl (C=O) groups excluding carboxylic acids is 1. The number of alkyl halides is 1. The molecule has 1 N–H and O–H groups in total. The fourth-order valence-corrected chi connectivity index (χ4v) is 2.44. The number of halogens is 1. The molecule has 1 heterocycles. The third-order valence-corrected chi connectivity index (χ3v) is 3.56. The minimum atomic E-state index is -0.0321. The number of amides is 1. The van der Waals surface area contributed by atoms with E-state index in [0.29, 0.717) is 10.6 Å². The van der Waals surface area contributed by atoms with Crippen molar-refractivity contribution in [3.63, 3.8) is 0 Å². The van der Waals surface area contributed by atoms with Crippen LogP contribution in [0.4, 0.5) is 0 Å². The molecule has 0 aliphatic heterocycles. The van der Waals surface area contributed by atoms with Gasteiger partial charge in [-0.1, -0.05) is 22.6 Å². The average molecular weight is 339 g/mol. The van der Waals surface area contributed by atoms with Gasteiger partial charge in [0.1, 0.15) is 10.6 Å². The summed E-state index contributed by atoms with van der Waals surface area (Å²) < 4.78 is 6.22. The Morgan fingerprint density at radius 2 is 2.40 bits per heavy atom. The molecule has 0 saturated carbocycles. The molecule has 0 radical (unpaired) electrons. The van der Waals surface area contributed by atoms with Gasteiger partial charge in [-0.2, -0.15) is 0 Å². The molecule has 5 heteroatoms. The number of hydrogen-bond donors (Lipinski definition) is 1. The van der Waals surface area contributed by atoms with Crippen molar-refractivity contribution in [2.75, 3.05) is 18.1 Å². The normalized spacial score (nSPS) is 10.0. The van der Waals surface area contributed by atoms with E-state index in [1.807, 2.05) is 11.4 Å². The molecule has 1 rings (SSSR count). The van der Waals surface area contributed by atoms with Crippen LogP contribution in [-0.4, -0.2) is 24.0 Å². The van der Waals surface area contributed by atoms with Crippen molar-refractivity contribution in [1.29, 1.82) is 0 Å². The highest BCUT2D eigenvalue weighted by atomic mass is 127. The molecule has 3 nitrogen and oxygen atoms in total. The summed E-state index contributed by atoms with van der Waals surface area (Å²) in [5, 5.41) is 4.74. The minimum absolute atomic E-state index is 0.0321. The summed E-state index contributed by atoms with van der Waals surface area (Å²) >= 11 is 3.74. The second-order valence-electron chi connectivity index (χ2n) is 2.97. The van der Waals surface area contributed by atoms with E-state index in [0.717, 1.165) is 23.8 Å². The first kappa shape index (κ1) is 12.8. The van der Waals surface area contributed by atoms with Gasteiger partial charge in [-0.25, -0.2) is 0 Å². The topological polar surface area (TPSA) is 38.3 Å². The summed E-state index contributed by atoms with van der Waals surface area (Å²) in [5.41, 5.74) is 0. The van der Waals surface area contributed by atoms with Gasteiger partial charge in [-0.15, -0.1) is 11.3 Å². The van der Waals surface area contributed by atoms with Crippen LogP contribution in [0.25, 0.3) is 0 Å². The molecule has 1 amide bonds. The van der Waals surface area contributed by atoms with Crippen LogP contribution in [-0.2, 0) is 0 Å². The van der Waals surface area contributed by atoms with Gasteiger partial charge in [0.25, 0.3) is 5.91 Å². The maximum atomic E-state index is 11.7. The third kappa shape index (κ3) is 3.98. The van der Waals surface area contributed by atoms with Crippen molar-refractivity contribution >= 4 is 39.8 Å². The number of hydrogen-bond acceptors (Lipinski definition) is 3. The van der Waals surface area contributed by atoms with Gasteiger partial charge in [-0.3, -0.25) is 4.79 Å². The highest BCUT2D eigenvalue weighted by molar-refractivity contribution is 14.1. The van der Waals surface area contributed by atoms with Crippen LogP contribution >= 0.6 is 33.9 Å². The van der Waals surface area contributed by atoms with E-state index in [9.17, 15) is 4.79 Å². The lowest BCUT2D eigenvalue weighted by atomic mass is 10.3. The van der Waals surface area contributed by atoms with Gasteiger partial charge in [-0.05, 0) is 28.7 Å². The Morgan fingerprint density at radius 3 is 3.07 bits per heavy atom. The highest BCUT2D eigenvalue weighted by Crippen LogP contribution is 2.23. The second kappa shape index (κ2) is 7.05. The van der Waals surface area contributed by atoms with Crippen LogP contribution in [0, 0.1) is 0 Å². The SMILES string of the molecule is COc1ccsc1C(=O)NCCCCI. The Bertz CT molecular complexity index is 314. The minimum Gasteiger partial charge on any atom is -0.495 e. The van der Waals surface area contributed by atoms with E-state index in [1.165, 1.54) is 11.3 Å². The van der Waals surface area contributed by atoms with Crippen LogP contribution in [0.3, 0.4) is 0 Å². The summed E-state index contributed by atoms with van der Waals surface area (Å²) in [5.74, 6) is 0.627. The molecule has 0 spiro atoms. The van der Waals surface area contributed by atoms with Crippen molar-refractivity contribution < 1.29 is 9.53 Å². The first-order chi connectivity index (χ1) is 7.29. The number of methoxy groups -OCH3 is 1. The van der Waals surface area contributed by atoms with Crippen molar-refractivity contribution in [1.82, 2.24) is 5.32 Å². The molecule has 84 valence electrons. The van der Waals surface area contributed by atoms with Crippen LogP contribution in [0.1, 0.15) is 22.5 Å². The van der Waals surface area contributed by atoms with Crippen molar-refractivity contribution in [3.8, 4) is 5.75 Å². The molecule has 0 saturated heterocycles. The number of nitrogens with one attached hydrogen (secondary N) is 1.